The Kier molecular flexibility index (Phi) is 4.25. The number of azide groups is 1. The summed E-state index contributed by atoms with van der Waals surface area (Å²) in [5.74, 6) is -0.357. The second-order valence-corrected chi connectivity index (χ2v) is 4.13. The van der Waals surface area contributed by atoms with Gasteiger partial charge >= 0.3 is 0 Å². The molecule has 1 aromatic rings. The maximum absolute atomic E-state index is 13.5. The van der Waals surface area contributed by atoms with Crippen molar-refractivity contribution in [2.24, 2.45) is 5.11 Å². The molecule has 6 heteroatoms. The molecule has 0 spiro atoms. The van der Waals surface area contributed by atoms with Crippen molar-refractivity contribution in [1.29, 1.82) is 0 Å². The molecule has 1 aromatic carbocycles. The zero-order chi connectivity index (χ0) is 10.6. The molecule has 0 aromatic heterocycles. The van der Waals surface area contributed by atoms with Crippen LogP contribution in [0.25, 0.3) is 10.4 Å². The first kappa shape index (κ1) is 11.4. The van der Waals surface area contributed by atoms with Crippen molar-refractivity contribution in [1.82, 2.24) is 0 Å². The average Bonchev–Trinajstić information content (AvgIpc) is 2.20. The Hall–Kier alpha value is -0.710. The zero-order valence-electron chi connectivity index (χ0n) is 7.37. The van der Waals surface area contributed by atoms with Crippen molar-refractivity contribution in [2.75, 3.05) is 6.26 Å². The maximum atomic E-state index is 13.5. The molecular weight excluding hydrogens is 269 g/mol. The third-order valence-corrected chi connectivity index (χ3v) is 3.10. The van der Waals surface area contributed by atoms with Crippen LogP contribution in [0.2, 0.25) is 0 Å². The van der Waals surface area contributed by atoms with E-state index in [1.165, 1.54) is 11.8 Å². The van der Waals surface area contributed by atoms with Gasteiger partial charge in [-0.2, -0.15) is 0 Å². The molecule has 14 heavy (non-hydrogen) atoms. The summed E-state index contributed by atoms with van der Waals surface area (Å²) in [5, 5.41) is 3.36. The molecular formula is C8H7BrFN3S. The van der Waals surface area contributed by atoms with Crippen molar-refractivity contribution in [3.8, 4) is 0 Å². The summed E-state index contributed by atoms with van der Waals surface area (Å²) in [7, 11) is 0. The highest BCUT2D eigenvalue weighted by molar-refractivity contribution is 9.10. The molecule has 0 aliphatic rings. The Balaban J connectivity index is 3.20. The molecule has 0 aliphatic carbocycles. The van der Waals surface area contributed by atoms with Crippen molar-refractivity contribution in [3.05, 3.63) is 38.4 Å². The molecule has 74 valence electrons. The lowest BCUT2D eigenvalue weighted by atomic mass is 10.2. The van der Waals surface area contributed by atoms with Gasteiger partial charge in [0.2, 0.25) is 0 Å². The van der Waals surface area contributed by atoms with Crippen molar-refractivity contribution in [2.45, 2.75) is 11.4 Å². The summed E-state index contributed by atoms with van der Waals surface area (Å²) >= 11 is 4.51. The molecule has 1 rings (SSSR count). The topological polar surface area (TPSA) is 48.8 Å². The summed E-state index contributed by atoms with van der Waals surface area (Å²) in [6, 6.07) is 3.43. The van der Waals surface area contributed by atoms with Crippen LogP contribution < -0.4 is 0 Å². The number of nitrogens with zero attached hydrogens (tertiary/aromatic N) is 3. The van der Waals surface area contributed by atoms with Crippen LogP contribution in [0, 0.1) is 5.82 Å². The number of hydrogen-bond donors (Lipinski definition) is 0. The fourth-order valence-corrected chi connectivity index (χ4v) is 1.99. The molecule has 0 radical (unpaired) electrons. The number of thioether (sulfide) groups is 1. The molecule has 0 unspecified atom stereocenters. The quantitative estimate of drug-likeness (QED) is 0.354. The molecule has 0 atom stereocenters. The summed E-state index contributed by atoms with van der Waals surface area (Å²) in [5.41, 5.74) is 8.60. The Morgan fingerprint density at radius 1 is 1.64 bits per heavy atom. The molecule has 0 amide bonds. The van der Waals surface area contributed by atoms with Gasteiger partial charge in [-0.1, -0.05) is 5.11 Å². The van der Waals surface area contributed by atoms with E-state index in [9.17, 15) is 4.39 Å². The normalized spacial score (nSPS) is 9.64. The number of halogens is 2. The van der Waals surface area contributed by atoms with E-state index in [0.717, 1.165) is 4.90 Å². The Labute approximate surface area is 93.5 Å². The lowest BCUT2D eigenvalue weighted by molar-refractivity contribution is 0.597. The van der Waals surface area contributed by atoms with Gasteiger partial charge in [0.05, 0.1) is 11.0 Å². The minimum atomic E-state index is -0.357. The minimum Gasteiger partial charge on any atom is -0.205 e. The fraction of sp³-hybridized carbons (Fsp3) is 0.250. The van der Waals surface area contributed by atoms with Crippen molar-refractivity contribution >= 4 is 27.7 Å². The fourth-order valence-electron chi connectivity index (χ4n) is 1.02. The van der Waals surface area contributed by atoms with Crippen LogP contribution in [0.5, 0.6) is 0 Å². The molecule has 3 nitrogen and oxygen atoms in total. The van der Waals surface area contributed by atoms with Crippen LogP contribution in [0.3, 0.4) is 0 Å². The second kappa shape index (κ2) is 5.24. The van der Waals surface area contributed by atoms with E-state index in [1.54, 1.807) is 12.1 Å². The van der Waals surface area contributed by atoms with Gasteiger partial charge in [-0.15, -0.1) is 11.8 Å². The summed E-state index contributed by atoms with van der Waals surface area (Å²) in [6.45, 7) is 0.0396. The SMILES string of the molecule is CSc1ccc(Br)c(F)c1CN=[N+]=[N-]. The highest BCUT2D eigenvalue weighted by Crippen LogP contribution is 2.28. The Morgan fingerprint density at radius 3 is 2.93 bits per heavy atom. The third-order valence-electron chi connectivity index (χ3n) is 1.67. The molecule has 0 bridgehead atoms. The highest BCUT2D eigenvalue weighted by atomic mass is 79.9. The van der Waals surface area contributed by atoms with Gasteiger partial charge in [-0.3, -0.25) is 0 Å². The molecule has 0 N–H and O–H groups in total. The number of rotatable bonds is 3. The standard InChI is InChI=1S/C8H7BrFN3S/c1-14-7-3-2-6(9)8(10)5(7)4-12-13-11/h2-3H,4H2,1H3. The van der Waals surface area contributed by atoms with Gasteiger partial charge in [0.1, 0.15) is 5.82 Å². The maximum Gasteiger partial charge on any atom is 0.141 e. The van der Waals surface area contributed by atoms with Gasteiger partial charge in [0, 0.05) is 15.4 Å². The van der Waals surface area contributed by atoms with E-state index < -0.39 is 0 Å². The van der Waals surface area contributed by atoms with Crippen molar-refractivity contribution < 1.29 is 4.39 Å². The van der Waals surface area contributed by atoms with Crippen LogP contribution in [0.4, 0.5) is 4.39 Å². The first-order valence-electron chi connectivity index (χ1n) is 3.72. The highest BCUT2D eigenvalue weighted by Gasteiger charge is 2.10. The summed E-state index contributed by atoms with van der Waals surface area (Å²) in [6.07, 6.45) is 1.85. The van der Waals surface area contributed by atoms with Crippen LogP contribution >= 0.6 is 27.7 Å². The largest absolute Gasteiger partial charge is 0.205 e. The molecule has 0 saturated carbocycles. The summed E-state index contributed by atoms with van der Waals surface area (Å²) in [4.78, 5) is 3.40. The lowest BCUT2D eigenvalue weighted by Gasteiger charge is -2.06. The van der Waals surface area contributed by atoms with Crippen LogP contribution in [-0.4, -0.2) is 6.26 Å². The molecule has 0 aliphatic heterocycles. The minimum absolute atomic E-state index is 0.0396. The van der Waals surface area contributed by atoms with Gasteiger partial charge in [0.15, 0.2) is 0 Å². The van der Waals surface area contributed by atoms with E-state index >= 15 is 0 Å². The number of hydrogen-bond acceptors (Lipinski definition) is 2. The first-order chi connectivity index (χ1) is 6.70. The van der Waals surface area contributed by atoms with E-state index in [1.807, 2.05) is 6.26 Å². The Bertz CT molecular complexity index is 390. The van der Waals surface area contributed by atoms with Crippen LogP contribution in [0.1, 0.15) is 5.56 Å². The Morgan fingerprint density at radius 2 is 2.36 bits per heavy atom. The molecule has 0 heterocycles. The van der Waals surface area contributed by atoms with Crippen LogP contribution in [-0.2, 0) is 6.54 Å². The monoisotopic (exact) mass is 275 g/mol. The van der Waals surface area contributed by atoms with E-state index in [4.69, 9.17) is 5.53 Å². The second-order valence-electron chi connectivity index (χ2n) is 2.43. The van der Waals surface area contributed by atoms with Gasteiger partial charge in [0.25, 0.3) is 0 Å². The zero-order valence-corrected chi connectivity index (χ0v) is 9.77. The molecule has 0 fully saturated rings. The van der Waals surface area contributed by atoms with E-state index in [2.05, 4.69) is 26.0 Å². The van der Waals surface area contributed by atoms with Gasteiger partial charge < -0.3 is 0 Å². The predicted molar refractivity (Wildman–Crippen MR) is 58.7 cm³/mol. The van der Waals surface area contributed by atoms with Gasteiger partial charge in [-0.25, -0.2) is 4.39 Å². The molecule has 0 saturated heterocycles. The lowest BCUT2D eigenvalue weighted by Crippen LogP contribution is -1.92. The van der Waals surface area contributed by atoms with Gasteiger partial charge in [-0.05, 0) is 39.8 Å². The smallest absolute Gasteiger partial charge is 0.141 e. The van der Waals surface area contributed by atoms with E-state index in [-0.39, 0.29) is 12.4 Å². The van der Waals surface area contributed by atoms with Crippen LogP contribution in [0.15, 0.2) is 26.6 Å². The first-order valence-corrected chi connectivity index (χ1v) is 5.74. The summed E-state index contributed by atoms with van der Waals surface area (Å²) < 4.78 is 13.9. The van der Waals surface area contributed by atoms with Crippen molar-refractivity contribution in [3.63, 3.8) is 0 Å². The number of benzene rings is 1. The predicted octanol–water partition coefficient (Wildman–Crippen LogP) is 4.12. The average molecular weight is 276 g/mol. The third kappa shape index (κ3) is 2.41. The van der Waals surface area contributed by atoms with E-state index in [0.29, 0.717) is 10.0 Å².